The Labute approximate surface area is 150 Å². The van der Waals surface area contributed by atoms with Crippen LogP contribution in [0.3, 0.4) is 0 Å². The lowest BCUT2D eigenvalue weighted by atomic mass is 9.95. The van der Waals surface area contributed by atoms with Crippen LogP contribution in [0.25, 0.3) is 5.57 Å². The van der Waals surface area contributed by atoms with Gasteiger partial charge in [0.25, 0.3) is 0 Å². The lowest BCUT2D eigenvalue weighted by Crippen LogP contribution is -2.41. The molecule has 3 nitrogen and oxygen atoms in total. The molecule has 0 aromatic heterocycles. The molecule has 2 aliphatic rings. The molecule has 1 fully saturated rings. The minimum Gasteiger partial charge on any atom is -0.342 e. The fourth-order valence-electron chi connectivity index (χ4n) is 2.98. The Bertz CT molecular complexity index is 712. The third-order valence-electron chi connectivity index (χ3n) is 4.19. The Kier molecular flexibility index (Phi) is 4.63. The van der Waals surface area contributed by atoms with Crippen molar-refractivity contribution < 1.29 is 14.3 Å². The topological polar surface area (TPSA) is 35.5 Å². The number of benzene rings is 1. The average molecular weight is 422 g/mol. The highest BCUT2D eigenvalue weighted by Crippen LogP contribution is 2.59. The molecule has 1 aliphatic carbocycles. The second kappa shape index (κ2) is 6.39. The van der Waals surface area contributed by atoms with E-state index in [1.807, 2.05) is 46.9 Å². The second-order valence-electron chi connectivity index (χ2n) is 6.68. The summed E-state index contributed by atoms with van der Waals surface area (Å²) in [6.07, 6.45) is 2.10. The molecule has 4 heteroatoms. The van der Waals surface area contributed by atoms with Gasteiger partial charge in [0.05, 0.1) is 13.2 Å². The predicted octanol–water partition coefficient (Wildman–Crippen LogP) is 3.95. The highest BCUT2D eigenvalue weighted by molar-refractivity contribution is 14.1. The van der Waals surface area contributed by atoms with Gasteiger partial charge in [0.2, 0.25) is 5.79 Å². The van der Waals surface area contributed by atoms with E-state index in [0.29, 0.717) is 26.1 Å². The van der Waals surface area contributed by atoms with E-state index in [1.54, 1.807) is 0 Å². The highest BCUT2D eigenvalue weighted by atomic mass is 127. The third kappa shape index (κ3) is 3.10. The summed E-state index contributed by atoms with van der Waals surface area (Å²) in [5.41, 5.74) is 4.18. The minimum atomic E-state index is -0.735. The number of hydrogen-bond donors (Lipinski definition) is 0. The lowest BCUT2D eigenvalue weighted by Gasteiger charge is -2.37. The van der Waals surface area contributed by atoms with E-state index in [0.717, 1.165) is 28.6 Å². The lowest BCUT2D eigenvalue weighted by molar-refractivity contribution is -0.227. The number of halogens is 1. The molecule has 0 atom stereocenters. The first-order chi connectivity index (χ1) is 11.0. The first-order valence-electron chi connectivity index (χ1n) is 7.71. The van der Waals surface area contributed by atoms with Gasteiger partial charge in [-0.05, 0) is 22.0 Å². The van der Waals surface area contributed by atoms with E-state index in [9.17, 15) is 4.79 Å². The predicted molar refractivity (Wildman–Crippen MR) is 98.0 cm³/mol. The molecule has 0 amide bonds. The van der Waals surface area contributed by atoms with E-state index < -0.39 is 5.79 Å². The van der Waals surface area contributed by atoms with Crippen molar-refractivity contribution in [2.75, 3.05) is 13.2 Å². The number of rotatable bonds is 4. The maximum atomic E-state index is 10.8. The van der Waals surface area contributed by atoms with Gasteiger partial charge in [-0.15, -0.1) is 0 Å². The zero-order chi connectivity index (χ0) is 16.5. The number of carbonyl (C=O) groups is 1. The molecule has 1 aliphatic heterocycles. The summed E-state index contributed by atoms with van der Waals surface area (Å²) in [5, 5.41) is 0. The molecule has 0 saturated carbocycles. The molecule has 1 aromatic rings. The molecule has 1 heterocycles. The van der Waals surface area contributed by atoms with Crippen LogP contribution < -0.4 is 0 Å². The smallest absolute Gasteiger partial charge is 0.219 e. The molecule has 1 aromatic carbocycles. The van der Waals surface area contributed by atoms with Gasteiger partial charge in [-0.2, -0.15) is 0 Å². The number of aldehydes is 1. The van der Waals surface area contributed by atoms with Gasteiger partial charge in [0, 0.05) is 51.1 Å². The zero-order valence-electron chi connectivity index (χ0n) is 13.3. The maximum Gasteiger partial charge on any atom is 0.219 e. The largest absolute Gasteiger partial charge is 0.342 e. The SMILES string of the molecule is CC1(C)COC2(OC1)C(CCC=O)=C2c1ccccc1C#CI. The van der Waals surface area contributed by atoms with Crippen molar-refractivity contribution in [2.24, 2.45) is 5.41 Å². The van der Waals surface area contributed by atoms with Gasteiger partial charge in [-0.25, -0.2) is 0 Å². The molecule has 3 rings (SSSR count). The van der Waals surface area contributed by atoms with Gasteiger partial charge in [-0.3, -0.25) is 0 Å². The standard InChI is InChI=1S/C19H19IO3/c1-18(2)12-22-19(23-13-18)16(8-5-11-21)17(19)15-7-4-3-6-14(15)9-10-20/h3-4,6-7,11H,5,8,12-13H2,1-2H3. The highest BCUT2D eigenvalue weighted by Gasteiger charge is 2.59. The molecule has 23 heavy (non-hydrogen) atoms. The summed E-state index contributed by atoms with van der Waals surface area (Å²) < 4.78 is 15.2. The van der Waals surface area contributed by atoms with E-state index in [1.165, 1.54) is 0 Å². The van der Waals surface area contributed by atoms with Crippen LogP contribution in [0.2, 0.25) is 0 Å². The fraction of sp³-hybridized carbons (Fsp3) is 0.421. The molecular weight excluding hydrogens is 403 g/mol. The molecule has 0 unspecified atom stereocenters. The van der Waals surface area contributed by atoms with Crippen molar-refractivity contribution in [3.63, 3.8) is 0 Å². The van der Waals surface area contributed by atoms with Crippen LogP contribution >= 0.6 is 22.6 Å². The van der Waals surface area contributed by atoms with Gasteiger partial charge >= 0.3 is 0 Å². The first kappa shape index (κ1) is 16.7. The van der Waals surface area contributed by atoms with E-state index >= 15 is 0 Å². The van der Waals surface area contributed by atoms with Crippen LogP contribution in [-0.4, -0.2) is 25.3 Å². The summed E-state index contributed by atoms with van der Waals surface area (Å²) in [5.74, 6) is 2.40. The summed E-state index contributed by atoms with van der Waals surface area (Å²) in [4.78, 5) is 10.8. The quantitative estimate of drug-likeness (QED) is 0.419. The monoisotopic (exact) mass is 422 g/mol. The van der Waals surface area contributed by atoms with Crippen LogP contribution in [0, 0.1) is 15.3 Å². The molecule has 0 radical (unpaired) electrons. The Morgan fingerprint density at radius 3 is 2.61 bits per heavy atom. The summed E-state index contributed by atoms with van der Waals surface area (Å²) >= 11 is 2.04. The first-order valence-corrected chi connectivity index (χ1v) is 8.79. The number of carbonyl (C=O) groups excluding carboxylic acids is 1. The normalized spacial score (nSPS) is 20.8. The maximum absolute atomic E-state index is 10.8. The van der Waals surface area contributed by atoms with Crippen molar-refractivity contribution in [3.8, 4) is 9.85 Å². The van der Waals surface area contributed by atoms with E-state index in [4.69, 9.17) is 9.47 Å². The minimum absolute atomic E-state index is 0.0102. The van der Waals surface area contributed by atoms with Crippen LogP contribution in [-0.2, 0) is 14.3 Å². The number of hydrogen-bond acceptors (Lipinski definition) is 3. The Morgan fingerprint density at radius 2 is 1.96 bits per heavy atom. The molecule has 0 bridgehead atoms. The molecule has 1 saturated heterocycles. The average Bonchev–Trinajstić information content (AvgIpc) is 3.16. The van der Waals surface area contributed by atoms with Gasteiger partial charge < -0.3 is 14.3 Å². The van der Waals surface area contributed by atoms with Crippen LogP contribution in [0.5, 0.6) is 0 Å². The van der Waals surface area contributed by atoms with Gasteiger partial charge in [0.15, 0.2) is 0 Å². The van der Waals surface area contributed by atoms with Crippen molar-refractivity contribution in [1.82, 2.24) is 0 Å². The van der Waals surface area contributed by atoms with Crippen molar-refractivity contribution in [2.45, 2.75) is 32.5 Å². The molecule has 1 spiro atoms. The van der Waals surface area contributed by atoms with Crippen LogP contribution in [0.1, 0.15) is 37.8 Å². The molecular formula is C19H19IO3. The van der Waals surface area contributed by atoms with Gasteiger partial charge in [-0.1, -0.05) is 38.0 Å². The van der Waals surface area contributed by atoms with E-state index in [-0.39, 0.29) is 5.41 Å². The van der Waals surface area contributed by atoms with Crippen LogP contribution in [0.15, 0.2) is 29.8 Å². The Morgan fingerprint density at radius 1 is 1.26 bits per heavy atom. The molecule has 120 valence electrons. The fourth-order valence-corrected chi connectivity index (χ4v) is 3.27. The Balaban J connectivity index is 1.96. The zero-order valence-corrected chi connectivity index (χ0v) is 15.5. The Hall–Kier alpha value is -1.16. The van der Waals surface area contributed by atoms with Crippen molar-refractivity contribution >= 4 is 34.5 Å². The molecule has 0 N–H and O–H groups in total. The van der Waals surface area contributed by atoms with Gasteiger partial charge in [0.1, 0.15) is 6.29 Å². The summed E-state index contributed by atoms with van der Waals surface area (Å²) in [7, 11) is 0. The summed E-state index contributed by atoms with van der Waals surface area (Å²) in [6.45, 7) is 5.54. The summed E-state index contributed by atoms with van der Waals surface area (Å²) in [6, 6.07) is 8.03. The van der Waals surface area contributed by atoms with E-state index in [2.05, 4.69) is 23.7 Å². The third-order valence-corrected chi connectivity index (χ3v) is 4.46. The van der Waals surface area contributed by atoms with Crippen molar-refractivity contribution in [1.29, 1.82) is 0 Å². The van der Waals surface area contributed by atoms with Crippen LogP contribution in [0.4, 0.5) is 0 Å². The number of ether oxygens (including phenoxy) is 2. The van der Waals surface area contributed by atoms with Crippen molar-refractivity contribution in [3.05, 3.63) is 41.0 Å². The second-order valence-corrected chi connectivity index (χ2v) is 7.22.